The van der Waals surface area contributed by atoms with Crippen molar-refractivity contribution in [2.75, 3.05) is 0 Å². The van der Waals surface area contributed by atoms with Gasteiger partial charge in [0.05, 0.1) is 11.4 Å². The van der Waals surface area contributed by atoms with E-state index in [1.165, 1.54) is 12.1 Å². The highest BCUT2D eigenvalue weighted by atomic mass is 16.3. The Kier molecular flexibility index (Phi) is 4.79. The van der Waals surface area contributed by atoms with Crippen LogP contribution in [0.25, 0.3) is 11.4 Å². The summed E-state index contributed by atoms with van der Waals surface area (Å²) in [5.41, 5.74) is 3.80. The van der Waals surface area contributed by atoms with E-state index in [-0.39, 0.29) is 24.1 Å². The molecule has 0 saturated carbocycles. The molecule has 0 amide bonds. The minimum atomic E-state index is -0.338. The Balaban J connectivity index is 1.64. The molecule has 0 saturated heterocycles. The minimum Gasteiger partial charge on any atom is -0.494 e. The average molecular weight is 337 g/mol. The van der Waals surface area contributed by atoms with Crippen LogP contribution in [0.4, 0.5) is 0 Å². The predicted molar refractivity (Wildman–Crippen MR) is 93.5 cm³/mol. The topological polar surface area (TPSA) is 88.2 Å². The molecule has 0 radical (unpaired) electrons. The second-order valence-electron chi connectivity index (χ2n) is 5.90. The van der Waals surface area contributed by atoms with Gasteiger partial charge in [-0.25, -0.2) is 4.57 Å². The van der Waals surface area contributed by atoms with E-state index < -0.39 is 0 Å². The Morgan fingerprint density at radius 2 is 1.64 bits per heavy atom. The second kappa shape index (κ2) is 7.17. The van der Waals surface area contributed by atoms with E-state index in [9.17, 15) is 15.0 Å². The van der Waals surface area contributed by atoms with Crippen LogP contribution in [0.3, 0.4) is 0 Å². The molecule has 3 heterocycles. The third kappa shape index (κ3) is 3.85. The van der Waals surface area contributed by atoms with Crippen molar-refractivity contribution in [1.82, 2.24) is 14.5 Å². The van der Waals surface area contributed by atoms with Gasteiger partial charge >= 0.3 is 0 Å². The molecule has 6 heteroatoms. The molecule has 0 unspecified atom stereocenters. The number of hydrogen-bond acceptors (Lipinski definition) is 5. The zero-order valence-corrected chi connectivity index (χ0v) is 13.9. The molecule has 0 fully saturated rings. The van der Waals surface area contributed by atoms with Gasteiger partial charge in [-0.05, 0) is 55.2 Å². The summed E-state index contributed by atoms with van der Waals surface area (Å²) in [5.74, 6) is -0.840. The highest BCUT2D eigenvalue weighted by Crippen LogP contribution is 2.22. The van der Waals surface area contributed by atoms with Gasteiger partial charge in [0.2, 0.25) is 17.7 Å². The Bertz CT molecular complexity index is 883. The fourth-order valence-corrected chi connectivity index (χ4v) is 2.67. The van der Waals surface area contributed by atoms with E-state index in [1.54, 1.807) is 12.4 Å². The van der Waals surface area contributed by atoms with Gasteiger partial charge < -0.3 is 10.2 Å². The third-order valence-corrected chi connectivity index (χ3v) is 3.95. The van der Waals surface area contributed by atoms with E-state index in [1.807, 2.05) is 31.2 Å². The lowest BCUT2D eigenvalue weighted by Crippen LogP contribution is -2.09. The van der Waals surface area contributed by atoms with Gasteiger partial charge in [-0.15, -0.1) is 0 Å². The molecule has 0 bridgehead atoms. The van der Waals surface area contributed by atoms with Crippen molar-refractivity contribution in [2.45, 2.75) is 26.2 Å². The maximum atomic E-state index is 12.1. The molecular weight excluding hydrogens is 318 g/mol. The summed E-state index contributed by atoms with van der Waals surface area (Å²) in [7, 11) is 0. The Hall–Kier alpha value is -3.15. The van der Waals surface area contributed by atoms with Crippen LogP contribution in [0.5, 0.6) is 11.8 Å². The zero-order chi connectivity index (χ0) is 17.8. The van der Waals surface area contributed by atoms with E-state index in [0.717, 1.165) is 27.1 Å². The fraction of sp³-hybridized carbons (Fsp3) is 0.211. The standard InChI is InChI=1S/C19H19N3O3/c1-13-7-9-20-15(11-13)16-12-14(8-10-21-16)3-2-4-17(23)22-18(24)5-6-19(22)25/h5-12,24-25H,2-4H2,1H3. The number of aryl methyl sites for hydroxylation is 2. The monoisotopic (exact) mass is 337 g/mol. The molecule has 25 heavy (non-hydrogen) atoms. The molecule has 128 valence electrons. The molecule has 3 aromatic rings. The maximum Gasteiger partial charge on any atom is 0.236 e. The van der Waals surface area contributed by atoms with Gasteiger partial charge in [0.15, 0.2) is 0 Å². The molecule has 0 spiro atoms. The predicted octanol–water partition coefficient (Wildman–Crippen LogP) is 3.33. The molecule has 6 nitrogen and oxygen atoms in total. The Labute approximate surface area is 145 Å². The van der Waals surface area contributed by atoms with Crippen molar-refractivity contribution < 1.29 is 15.0 Å². The van der Waals surface area contributed by atoms with Crippen LogP contribution in [0.1, 0.15) is 28.8 Å². The second-order valence-corrected chi connectivity index (χ2v) is 5.90. The smallest absolute Gasteiger partial charge is 0.236 e. The van der Waals surface area contributed by atoms with Crippen LogP contribution < -0.4 is 0 Å². The molecular formula is C19H19N3O3. The van der Waals surface area contributed by atoms with Crippen LogP contribution in [-0.4, -0.2) is 30.7 Å². The summed E-state index contributed by atoms with van der Waals surface area (Å²) in [6.45, 7) is 2.01. The fourth-order valence-electron chi connectivity index (χ4n) is 2.67. The first-order valence-electron chi connectivity index (χ1n) is 8.05. The van der Waals surface area contributed by atoms with Gasteiger partial charge in [0.1, 0.15) is 0 Å². The summed E-state index contributed by atoms with van der Waals surface area (Å²) in [6.07, 6.45) is 5.00. The van der Waals surface area contributed by atoms with Gasteiger partial charge in [0, 0.05) is 30.9 Å². The summed E-state index contributed by atoms with van der Waals surface area (Å²) in [6, 6.07) is 10.4. The SMILES string of the molecule is Cc1ccnc(-c2cc(CCCC(=O)n3c(O)ccc3O)ccn2)c1. The molecule has 2 N–H and O–H groups in total. The summed E-state index contributed by atoms with van der Waals surface area (Å²) in [4.78, 5) is 20.8. The molecule has 3 rings (SSSR count). The lowest BCUT2D eigenvalue weighted by Gasteiger charge is -2.07. The quantitative estimate of drug-likeness (QED) is 0.745. The first kappa shape index (κ1) is 16.7. The van der Waals surface area contributed by atoms with Crippen molar-refractivity contribution >= 4 is 5.91 Å². The van der Waals surface area contributed by atoms with Gasteiger partial charge in [-0.1, -0.05) is 0 Å². The van der Waals surface area contributed by atoms with Crippen LogP contribution >= 0.6 is 0 Å². The number of aromatic hydroxyl groups is 2. The van der Waals surface area contributed by atoms with E-state index in [2.05, 4.69) is 9.97 Å². The number of carbonyl (C=O) groups excluding carboxylic acids is 1. The van der Waals surface area contributed by atoms with Gasteiger partial charge in [-0.2, -0.15) is 0 Å². The van der Waals surface area contributed by atoms with E-state index in [0.29, 0.717) is 12.8 Å². The normalized spacial score (nSPS) is 10.8. The summed E-state index contributed by atoms with van der Waals surface area (Å²) in [5, 5.41) is 19.1. The molecule has 0 atom stereocenters. The number of hydrogen-bond donors (Lipinski definition) is 2. The molecule has 0 aromatic carbocycles. The van der Waals surface area contributed by atoms with Gasteiger partial charge in [0.25, 0.3) is 0 Å². The first-order valence-corrected chi connectivity index (χ1v) is 8.05. The number of pyridine rings is 2. The lowest BCUT2D eigenvalue weighted by molar-refractivity contribution is 0.0881. The number of rotatable bonds is 5. The van der Waals surface area contributed by atoms with E-state index in [4.69, 9.17) is 0 Å². The molecule has 0 aliphatic carbocycles. The highest BCUT2D eigenvalue weighted by molar-refractivity contribution is 5.82. The zero-order valence-electron chi connectivity index (χ0n) is 13.9. The Morgan fingerprint density at radius 1 is 1.00 bits per heavy atom. The summed E-state index contributed by atoms with van der Waals surface area (Å²) >= 11 is 0. The van der Waals surface area contributed by atoms with Crippen LogP contribution in [0, 0.1) is 6.92 Å². The van der Waals surface area contributed by atoms with Crippen molar-refractivity contribution in [3.05, 3.63) is 59.9 Å². The third-order valence-electron chi connectivity index (χ3n) is 3.95. The number of aromatic nitrogens is 3. The van der Waals surface area contributed by atoms with Crippen molar-refractivity contribution in [3.63, 3.8) is 0 Å². The van der Waals surface area contributed by atoms with Crippen LogP contribution in [-0.2, 0) is 6.42 Å². The maximum absolute atomic E-state index is 12.1. The van der Waals surface area contributed by atoms with E-state index >= 15 is 0 Å². The minimum absolute atomic E-state index is 0.218. The summed E-state index contributed by atoms with van der Waals surface area (Å²) < 4.78 is 0.911. The van der Waals surface area contributed by atoms with Crippen molar-refractivity contribution in [2.24, 2.45) is 0 Å². The average Bonchev–Trinajstić information content (AvgIpc) is 2.94. The molecule has 0 aliphatic heterocycles. The van der Waals surface area contributed by atoms with Crippen molar-refractivity contribution in [3.8, 4) is 23.1 Å². The highest BCUT2D eigenvalue weighted by Gasteiger charge is 2.13. The molecule has 3 aromatic heterocycles. The Morgan fingerprint density at radius 3 is 2.32 bits per heavy atom. The first-order chi connectivity index (χ1) is 12.0. The largest absolute Gasteiger partial charge is 0.494 e. The number of carbonyl (C=O) groups is 1. The van der Waals surface area contributed by atoms with Crippen LogP contribution in [0.15, 0.2) is 48.8 Å². The lowest BCUT2D eigenvalue weighted by atomic mass is 10.1. The number of nitrogens with zero attached hydrogens (tertiary/aromatic N) is 3. The van der Waals surface area contributed by atoms with Crippen molar-refractivity contribution in [1.29, 1.82) is 0 Å². The molecule has 0 aliphatic rings. The van der Waals surface area contributed by atoms with Gasteiger partial charge in [-0.3, -0.25) is 14.8 Å². The van der Waals surface area contributed by atoms with Crippen LogP contribution in [0.2, 0.25) is 0 Å².